The summed E-state index contributed by atoms with van der Waals surface area (Å²) in [4.78, 5) is 11.9. The molecule has 0 amide bonds. The van der Waals surface area contributed by atoms with Gasteiger partial charge in [-0.15, -0.1) is 0 Å². The summed E-state index contributed by atoms with van der Waals surface area (Å²) in [5.74, 6) is -0.0167. The van der Waals surface area contributed by atoms with Crippen LogP contribution in [0.2, 0.25) is 0 Å². The van der Waals surface area contributed by atoms with Crippen LogP contribution in [0.15, 0.2) is 23.3 Å². The Morgan fingerprint density at radius 3 is 2.53 bits per heavy atom. The normalized spacial score (nSPS) is 11.3. The summed E-state index contributed by atoms with van der Waals surface area (Å²) in [7, 11) is 1.62. The lowest BCUT2D eigenvalue weighted by Gasteiger charge is -2.02. The van der Waals surface area contributed by atoms with Crippen molar-refractivity contribution in [1.29, 1.82) is 0 Å². The molecule has 0 aliphatic heterocycles. The second-order valence-corrected chi connectivity index (χ2v) is 2.98. The van der Waals surface area contributed by atoms with Crippen LogP contribution in [0.3, 0.4) is 0 Å². The molecular weight excluding hydrogens is 194 g/mol. The highest BCUT2D eigenvalue weighted by molar-refractivity contribution is 5.88. The van der Waals surface area contributed by atoms with E-state index in [0.717, 1.165) is 0 Å². The van der Waals surface area contributed by atoms with E-state index in [-0.39, 0.29) is 22.5 Å². The molecule has 5 heteroatoms. The van der Waals surface area contributed by atoms with E-state index in [4.69, 9.17) is 0 Å². The molecule has 2 aromatic rings. The zero-order valence-corrected chi connectivity index (χ0v) is 8.05. The van der Waals surface area contributed by atoms with Gasteiger partial charge in [0.25, 0.3) is 0 Å². The molecule has 1 aromatic heterocycles. The van der Waals surface area contributed by atoms with Crippen molar-refractivity contribution in [2.45, 2.75) is 0 Å². The highest BCUT2D eigenvalue weighted by Gasteiger charge is 2.07. The van der Waals surface area contributed by atoms with Gasteiger partial charge in [-0.3, -0.25) is 4.99 Å². The third-order valence-electron chi connectivity index (χ3n) is 1.94. The van der Waals surface area contributed by atoms with Gasteiger partial charge in [0.1, 0.15) is 22.5 Å². The third-order valence-corrected chi connectivity index (χ3v) is 1.94. The highest BCUT2D eigenvalue weighted by Crippen LogP contribution is 2.27. The summed E-state index contributed by atoms with van der Waals surface area (Å²) < 4.78 is 0. The minimum absolute atomic E-state index is 0.00436. The molecule has 2 N–H and O–H groups in total. The van der Waals surface area contributed by atoms with E-state index in [1.54, 1.807) is 7.05 Å². The van der Waals surface area contributed by atoms with Crippen LogP contribution in [-0.2, 0) is 0 Å². The summed E-state index contributed by atoms with van der Waals surface area (Å²) >= 11 is 0. The van der Waals surface area contributed by atoms with Gasteiger partial charge < -0.3 is 10.2 Å². The monoisotopic (exact) mass is 203 g/mol. The lowest BCUT2D eigenvalue weighted by Crippen LogP contribution is -1.92. The molecule has 0 bridgehead atoms. The molecule has 0 atom stereocenters. The number of phenols is 2. The zero-order valence-electron chi connectivity index (χ0n) is 8.05. The number of fused-ring (bicyclic) bond motifs is 1. The van der Waals surface area contributed by atoms with Gasteiger partial charge in [-0.1, -0.05) is 0 Å². The number of aliphatic imine (C=N–C) groups is 1. The van der Waals surface area contributed by atoms with Gasteiger partial charge in [-0.05, 0) is 12.1 Å². The molecule has 0 unspecified atom stereocenters. The molecule has 2 rings (SSSR count). The first-order valence-corrected chi connectivity index (χ1v) is 4.32. The van der Waals surface area contributed by atoms with E-state index in [1.165, 1.54) is 24.5 Å². The summed E-state index contributed by atoms with van der Waals surface area (Å²) in [6.07, 6.45) is 3.00. The van der Waals surface area contributed by atoms with Gasteiger partial charge in [0.15, 0.2) is 0 Å². The van der Waals surface area contributed by atoms with Gasteiger partial charge in [0.05, 0.1) is 11.9 Å². The Hall–Kier alpha value is -2.17. The molecule has 15 heavy (non-hydrogen) atoms. The Labute approximate surface area is 85.8 Å². The van der Waals surface area contributed by atoms with Crippen molar-refractivity contribution in [2.24, 2.45) is 4.99 Å². The van der Waals surface area contributed by atoms with E-state index in [1.807, 2.05) is 0 Å². The molecular formula is C10H9N3O2. The average Bonchev–Trinajstić information content (AvgIpc) is 2.24. The fourth-order valence-corrected chi connectivity index (χ4v) is 1.28. The Morgan fingerprint density at radius 1 is 1.20 bits per heavy atom. The molecule has 0 aliphatic rings. The maximum absolute atomic E-state index is 9.53. The number of benzene rings is 1. The first-order chi connectivity index (χ1) is 7.22. The number of hydrogen-bond donors (Lipinski definition) is 2. The average molecular weight is 203 g/mol. The van der Waals surface area contributed by atoms with Crippen molar-refractivity contribution >= 4 is 17.2 Å². The minimum Gasteiger partial charge on any atom is -0.506 e. The second kappa shape index (κ2) is 3.53. The SMILES string of the molecule is CN=Cc1cnc2c(O)ccc(O)c2n1. The fraction of sp³-hybridized carbons (Fsp3) is 0.100. The van der Waals surface area contributed by atoms with Crippen LogP contribution in [0.4, 0.5) is 0 Å². The predicted molar refractivity (Wildman–Crippen MR) is 56.4 cm³/mol. The smallest absolute Gasteiger partial charge is 0.143 e. The number of phenolic OH excluding ortho intramolecular Hbond substituents is 2. The van der Waals surface area contributed by atoms with Gasteiger partial charge in [-0.25, -0.2) is 9.97 Å². The Morgan fingerprint density at radius 2 is 1.87 bits per heavy atom. The number of hydrogen-bond acceptors (Lipinski definition) is 5. The van der Waals surface area contributed by atoms with Crippen molar-refractivity contribution in [1.82, 2.24) is 9.97 Å². The molecule has 1 heterocycles. The van der Waals surface area contributed by atoms with E-state index >= 15 is 0 Å². The largest absolute Gasteiger partial charge is 0.506 e. The van der Waals surface area contributed by atoms with Crippen LogP contribution >= 0.6 is 0 Å². The van der Waals surface area contributed by atoms with Crippen LogP contribution in [0.25, 0.3) is 11.0 Å². The molecule has 0 aliphatic carbocycles. The Bertz CT molecular complexity index is 537. The molecule has 1 aromatic carbocycles. The van der Waals surface area contributed by atoms with Gasteiger partial charge >= 0.3 is 0 Å². The van der Waals surface area contributed by atoms with E-state index in [2.05, 4.69) is 15.0 Å². The summed E-state index contributed by atoms with van der Waals surface area (Å²) in [6, 6.07) is 2.75. The maximum atomic E-state index is 9.53. The van der Waals surface area contributed by atoms with Crippen LogP contribution in [-0.4, -0.2) is 33.4 Å². The van der Waals surface area contributed by atoms with E-state index < -0.39 is 0 Å². The Balaban J connectivity index is 2.75. The Kier molecular flexibility index (Phi) is 2.21. The van der Waals surface area contributed by atoms with Crippen molar-refractivity contribution in [3.05, 3.63) is 24.0 Å². The second-order valence-electron chi connectivity index (χ2n) is 2.98. The third kappa shape index (κ3) is 1.59. The predicted octanol–water partition coefficient (Wildman–Crippen LogP) is 1.09. The van der Waals surface area contributed by atoms with Crippen molar-refractivity contribution in [3.63, 3.8) is 0 Å². The number of nitrogens with zero attached hydrogens (tertiary/aromatic N) is 3. The summed E-state index contributed by atoms with van der Waals surface area (Å²) in [5.41, 5.74) is 1.08. The zero-order chi connectivity index (χ0) is 10.8. The van der Waals surface area contributed by atoms with Crippen LogP contribution in [0.5, 0.6) is 11.5 Å². The van der Waals surface area contributed by atoms with Crippen molar-refractivity contribution < 1.29 is 10.2 Å². The van der Waals surface area contributed by atoms with Crippen molar-refractivity contribution in [3.8, 4) is 11.5 Å². The van der Waals surface area contributed by atoms with Crippen LogP contribution in [0.1, 0.15) is 5.69 Å². The maximum Gasteiger partial charge on any atom is 0.143 e. The topological polar surface area (TPSA) is 78.6 Å². The fourth-order valence-electron chi connectivity index (χ4n) is 1.28. The quantitative estimate of drug-likeness (QED) is 0.537. The molecule has 0 fully saturated rings. The molecule has 76 valence electrons. The lowest BCUT2D eigenvalue weighted by atomic mass is 10.2. The first-order valence-electron chi connectivity index (χ1n) is 4.32. The molecule has 0 spiro atoms. The number of aromatic nitrogens is 2. The van der Waals surface area contributed by atoms with Crippen molar-refractivity contribution in [2.75, 3.05) is 7.05 Å². The van der Waals surface area contributed by atoms with Crippen LogP contribution in [0, 0.1) is 0 Å². The number of aromatic hydroxyl groups is 2. The van der Waals surface area contributed by atoms with Gasteiger partial charge in [0.2, 0.25) is 0 Å². The number of rotatable bonds is 1. The summed E-state index contributed by atoms with van der Waals surface area (Å²) in [5, 5.41) is 19.0. The van der Waals surface area contributed by atoms with E-state index in [0.29, 0.717) is 5.69 Å². The molecule has 0 saturated carbocycles. The molecule has 0 radical (unpaired) electrons. The lowest BCUT2D eigenvalue weighted by molar-refractivity contribution is 0.467. The van der Waals surface area contributed by atoms with Crippen LogP contribution < -0.4 is 0 Å². The molecule has 5 nitrogen and oxygen atoms in total. The highest BCUT2D eigenvalue weighted by atomic mass is 16.3. The molecule has 0 saturated heterocycles. The van der Waals surface area contributed by atoms with E-state index in [9.17, 15) is 10.2 Å². The van der Waals surface area contributed by atoms with Gasteiger partial charge in [0, 0.05) is 13.3 Å². The standard InChI is InChI=1S/C10H9N3O2/c1-11-4-6-5-12-9-7(14)2-3-8(15)10(9)13-6/h2-5,14-15H,1H3. The first kappa shape index (κ1) is 9.39. The summed E-state index contributed by atoms with van der Waals surface area (Å²) in [6.45, 7) is 0. The van der Waals surface area contributed by atoms with Gasteiger partial charge in [-0.2, -0.15) is 0 Å². The minimum atomic E-state index is -0.0124.